The molecule has 0 bridgehead atoms. The summed E-state index contributed by atoms with van der Waals surface area (Å²) < 4.78 is 39.6. The fourth-order valence-electron chi connectivity index (χ4n) is 2.63. The second-order valence-corrected chi connectivity index (χ2v) is 6.37. The molecule has 134 valence electrons. The number of benzene rings is 1. The van der Waals surface area contributed by atoms with E-state index in [1.807, 2.05) is 0 Å². The van der Waals surface area contributed by atoms with Crippen molar-refractivity contribution in [2.45, 2.75) is 38.5 Å². The third-order valence-electron chi connectivity index (χ3n) is 4.24. The third kappa shape index (κ3) is 4.12. The van der Waals surface area contributed by atoms with Crippen LogP contribution in [0.1, 0.15) is 36.9 Å². The van der Waals surface area contributed by atoms with Gasteiger partial charge >= 0.3 is 11.9 Å². The Morgan fingerprint density at radius 2 is 2.00 bits per heavy atom. The van der Waals surface area contributed by atoms with Crippen molar-refractivity contribution in [3.05, 3.63) is 62.3 Å². The Labute approximate surface area is 141 Å². The molecule has 0 unspecified atom stereocenters. The average molecular weight is 353 g/mol. The topological polar surface area (TPSA) is 66.9 Å². The summed E-state index contributed by atoms with van der Waals surface area (Å²) in [6.45, 7) is 2.06. The number of H-pyrrole nitrogens is 1. The fraction of sp³-hybridized carbons (Fsp3) is 0.412. The van der Waals surface area contributed by atoms with E-state index < -0.39 is 29.0 Å². The standard InChI is InChI=1S/C17H18F3N3O2/c1-10(12-3-2-4-13(7-12)17(18,19)20)21-14-8-15(24)23(16(25)22-14)9-11-5-6-11/h2-4,7-8,10-11,21H,5-6,9H2,1H3,(H,22,25)/t10-/m0/s1. The maximum atomic E-state index is 12.8. The molecule has 1 aliphatic rings. The highest BCUT2D eigenvalue weighted by atomic mass is 19.4. The molecule has 0 spiro atoms. The van der Waals surface area contributed by atoms with E-state index >= 15 is 0 Å². The minimum absolute atomic E-state index is 0.187. The Morgan fingerprint density at radius 3 is 2.60 bits per heavy atom. The number of nitrogens with zero attached hydrogens (tertiary/aromatic N) is 1. The van der Waals surface area contributed by atoms with E-state index in [0.717, 1.165) is 29.5 Å². The molecule has 1 saturated carbocycles. The monoisotopic (exact) mass is 353 g/mol. The molecule has 1 atom stereocenters. The van der Waals surface area contributed by atoms with E-state index in [-0.39, 0.29) is 5.82 Å². The molecular formula is C17H18F3N3O2. The molecule has 1 aliphatic carbocycles. The normalized spacial score (nSPS) is 15.8. The molecular weight excluding hydrogens is 335 g/mol. The van der Waals surface area contributed by atoms with Crippen LogP contribution in [0.25, 0.3) is 0 Å². The van der Waals surface area contributed by atoms with Crippen molar-refractivity contribution in [3.63, 3.8) is 0 Å². The lowest BCUT2D eigenvalue weighted by Crippen LogP contribution is -2.35. The Hall–Kier alpha value is -2.51. The van der Waals surface area contributed by atoms with Gasteiger partial charge in [0.15, 0.2) is 0 Å². The number of hydrogen-bond donors (Lipinski definition) is 2. The Kier molecular flexibility index (Phi) is 4.45. The predicted molar refractivity (Wildman–Crippen MR) is 87.5 cm³/mol. The Bertz CT molecular complexity index is 850. The summed E-state index contributed by atoms with van der Waals surface area (Å²) >= 11 is 0. The summed E-state index contributed by atoms with van der Waals surface area (Å²) in [5.41, 5.74) is -1.28. The maximum Gasteiger partial charge on any atom is 0.416 e. The van der Waals surface area contributed by atoms with Gasteiger partial charge in [-0.15, -0.1) is 0 Å². The van der Waals surface area contributed by atoms with Crippen LogP contribution in [0.2, 0.25) is 0 Å². The van der Waals surface area contributed by atoms with E-state index in [4.69, 9.17) is 0 Å². The van der Waals surface area contributed by atoms with Gasteiger partial charge in [0.25, 0.3) is 5.56 Å². The zero-order valence-corrected chi connectivity index (χ0v) is 13.6. The van der Waals surface area contributed by atoms with Crippen molar-refractivity contribution < 1.29 is 13.2 Å². The third-order valence-corrected chi connectivity index (χ3v) is 4.24. The van der Waals surface area contributed by atoms with Crippen LogP contribution in [0, 0.1) is 5.92 Å². The second kappa shape index (κ2) is 6.42. The van der Waals surface area contributed by atoms with Crippen LogP contribution in [-0.2, 0) is 12.7 Å². The highest BCUT2D eigenvalue weighted by Crippen LogP contribution is 2.31. The van der Waals surface area contributed by atoms with Crippen molar-refractivity contribution in [2.24, 2.45) is 5.92 Å². The molecule has 2 N–H and O–H groups in total. The van der Waals surface area contributed by atoms with Gasteiger partial charge < -0.3 is 5.32 Å². The minimum Gasteiger partial charge on any atom is -0.365 e. The number of rotatable bonds is 5. The maximum absolute atomic E-state index is 12.8. The summed E-state index contributed by atoms with van der Waals surface area (Å²) in [5, 5.41) is 2.88. The van der Waals surface area contributed by atoms with E-state index in [0.29, 0.717) is 18.0 Å². The molecule has 2 aromatic rings. The molecule has 1 aromatic heterocycles. The number of aromatic amines is 1. The molecule has 1 aromatic carbocycles. The van der Waals surface area contributed by atoms with Crippen LogP contribution in [-0.4, -0.2) is 9.55 Å². The van der Waals surface area contributed by atoms with E-state index in [1.54, 1.807) is 13.0 Å². The van der Waals surface area contributed by atoms with Crippen LogP contribution in [0.5, 0.6) is 0 Å². The largest absolute Gasteiger partial charge is 0.416 e. The minimum atomic E-state index is -4.42. The summed E-state index contributed by atoms with van der Waals surface area (Å²) in [5.74, 6) is 0.564. The zero-order chi connectivity index (χ0) is 18.2. The molecule has 0 amide bonds. The summed E-state index contributed by atoms with van der Waals surface area (Å²) in [6, 6.07) is 5.66. The van der Waals surface area contributed by atoms with Crippen LogP contribution in [0.4, 0.5) is 19.0 Å². The van der Waals surface area contributed by atoms with Gasteiger partial charge in [0, 0.05) is 18.7 Å². The molecule has 1 heterocycles. The van der Waals surface area contributed by atoms with Crippen LogP contribution in [0.15, 0.2) is 39.9 Å². The molecule has 0 saturated heterocycles. The van der Waals surface area contributed by atoms with Crippen LogP contribution >= 0.6 is 0 Å². The number of nitrogens with one attached hydrogen (secondary N) is 2. The number of anilines is 1. The molecule has 5 nitrogen and oxygen atoms in total. The average Bonchev–Trinajstić information content (AvgIpc) is 3.34. The lowest BCUT2D eigenvalue weighted by atomic mass is 10.0. The van der Waals surface area contributed by atoms with Gasteiger partial charge in [-0.2, -0.15) is 13.2 Å². The van der Waals surface area contributed by atoms with Crippen molar-refractivity contribution >= 4 is 5.82 Å². The summed E-state index contributed by atoms with van der Waals surface area (Å²) in [7, 11) is 0. The van der Waals surface area contributed by atoms with Gasteiger partial charge in [0.05, 0.1) is 5.56 Å². The molecule has 8 heteroatoms. The van der Waals surface area contributed by atoms with Crippen molar-refractivity contribution in [1.29, 1.82) is 0 Å². The molecule has 3 rings (SSSR count). The van der Waals surface area contributed by atoms with Crippen LogP contribution in [0.3, 0.4) is 0 Å². The predicted octanol–water partition coefficient (Wildman–Crippen LogP) is 3.14. The highest BCUT2D eigenvalue weighted by molar-refractivity contribution is 5.38. The van der Waals surface area contributed by atoms with Gasteiger partial charge in [-0.3, -0.25) is 14.3 Å². The lowest BCUT2D eigenvalue weighted by Gasteiger charge is -2.17. The van der Waals surface area contributed by atoms with Crippen molar-refractivity contribution in [2.75, 3.05) is 5.32 Å². The Morgan fingerprint density at radius 1 is 1.28 bits per heavy atom. The smallest absolute Gasteiger partial charge is 0.365 e. The van der Waals surface area contributed by atoms with Gasteiger partial charge in [-0.05, 0) is 43.4 Å². The molecule has 0 radical (unpaired) electrons. The van der Waals surface area contributed by atoms with Gasteiger partial charge in [-0.25, -0.2) is 4.79 Å². The van der Waals surface area contributed by atoms with E-state index in [9.17, 15) is 22.8 Å². The fourth-order valence-corrected chi connectivity index (χ4v) is 2.63. The van der Waals surface area contributed by atoms with E-state index in [2.05, 4.69) is 10.3 Å². The lowest BCUT2D eigenvalue weighted by molar-refractivity contribution is -0.137. The molecule has 25 heavy (non-hydrogen) atoms. The number of hydrogen-bond acceptors (Lipinski definition) is 3. The number of alkyl halides is 3. The first kappa shape index (κ1) is 17.3. The highest BCUT2D eigenvalue weighted by Gasteiger charge is 2.30. The SMILES string of the molecule is C[C@H](Nc1cc(=O)n(CC2CC2)c(=O)[nH]1)c1cccc(C(F)(F)F)c1. The van der Waals surface area contributed by atoms with Crippen LogP contribution < -0.4 is 16.6 Å². The first-order valence-electron chi connectivity index (χ1n) is 8.02. The number of halogens is 3. The van der Waals surface area contributed by atoms with Crippen molar-refractivity contribution in [1.82, 2.24) is 9.55 Å². The van der Waals surface area contributed by atoms with Crippen molar-refractivity contribution in [3.8, 4) is 0 Å². The Balaban J connectivity index is 1.80. The van der Waals surface area contributed by atoms with E-state index in [1.165, 1.54) is 12.1 Å². The van der Waals surface area contributed by atoms with Gasteiger partial charge in [0.2, 0.25) is 0 Å². The first-order valence-corrected chi connectivity index (χ1v) is 8.02. The summed E-state index contributed by atoms with van der Waals surface area (Å²) in [4.78, 5) is 26.7. The van der Waals surface area contributed by atoms with Gasteiger partial charge in [0.1, 0.15) is 5.82 Å². The molecule has 1 fully saturated rings. The number of aromatic nitrogens is 2. The van der Waals surface area contributed by atoms with Gasteiger partial charge in [-0.1, -0.05) is 12.1 Å². The second-order valence-electron chi connectivity index (χ2n) is 6.37. The first-order chi connectivity index (χ1) is 11.7. The zero-order valence-electron chi connectivity index (χ0n) is 13.6. The quantitative estimate of drug-likeness (QED) is 0.868. The summed E-state index contributed by atoms with van der Waals surface area (Å²) in [6.07, 6.45) is -2.40. The molecule has 0 aliphatic heterocycles.